The second-order valence-corrected chi connectivity index (χ2v) is 3.55. The number of methoxy groups -OCH3 is 2. The summed E-state index contributed by atoms with van der Waals surface area (Å²) in [6.07, 6.45) is -0.866. The van der Waals surface area contributed by atoms with Crippen LogP contribution in [-0.4, -0.2) is 32.8 Å². The van der Waals surface area contributed by atoms with Gasteiger partial charge < -0.3 is 18.9 Å². The first kappa shape index (κ1) is 14.8. The molecule has 0 radical (unpaired) electrons. The Kier molecular flexibility index (Phi) is 5.17. The molecule has 0 heterocycles. The van der Waals surface area contributed by atoms with Crippen molar-refractivity contribution in [2.24, 2.45) is 0 Å². The molecule has 0 saturated heterocycles. The first-order valence-electron chi connectivity index (χ1n) is 5.65. The Morgan fingerprint density at radius 1 is 1.11 bits per heavy atom. The lowest BCUT2D eigenvalue weighted by atomic mass is 10.1. The second kappa shape index (κ2) is 6.63. The largest absolute Gasteiger partial charge is 0.514 e. The molecule has 19 heavy (non-hydrogen) atoms. The van der Waals surface area contributed by atoms with Gasteiger partial charge in [0.25, 0.3) is 0 Å². The van der Waals surface area contributed by atoms with Crippen LogP contribution in [0.1, 0.15) is 24.2 Å². The molecule has 6 heteroatoms. The third-order valence-corrected chi connectivity index (χ3v) is 2.31. The summed E-state index contributed by atoms with van der Waals surface area (Å²) < 4.78 is 19.9. The number of ether oxygens (including phenoxy) is 4. The first-order chi connectivity index (χ1) is 9.03. The van der Waals surface area contributed by atoms with Crippen LogP contribution in [0.25, 0.3) is 0 Å². The fourth-order valence-electron chi connectivity index (χ4n) is 1.41. The first-order valence-corrected chi connectivity index (χ1v) is 5.65. The fourth-order valence-corrected chi connectivity index (χ4v) is 1.41. The van der Waals surface area contributed by atoms with Crippen LogP contribution in [0.15, 0.2) is 12.1 Å². The van der Waals surface area contributed by atoms with E-state index in [0.29, 0.717) is 5.56 Å². The third-order valence-electron chi connectivity index (χ3n) is 2.31. The van der Waals surface area contributed by atoms with Gasteiger partial charge in [-0.15, -0.1) is 0 Å². The Bertz CT molecular complexity index is 455. The van der Waals surface area contributed by atoms with E-state index in [4.69, 9.17) is 14.2 Å². The lowest BCUT2D eigenvalue weighted by Crippen LogP contribution is -2.12. The highest BCUT2D eigenvalue weighted by atomic mass is 16.7. The minimum atomic E-state index is -0.866. The number of carbonyl (C=O) groups is 2. The maximum Gasteiger partial charge on any atom is 0.514 e. The number of carbonyl (C=O) groups excluding carboxylic acids is 2. The minimum absolute atomic E-state index is 0.0773. The van der Waals surface area contributed by atoms with Gasteiger partial charge in [-0.1, -0.05) is 0 Å². The Hall–Kier alpha value is -2.24. The molecule has 0 N–H and O–H groups in total. The van der Waals surface area contributed by atoms with Crippen molar-refractivity contribution >= 4 is 11.9 Å². The number of hydrogen-bond donors (Lipinski definition) is 0. The molecule has 0 amide bonds. The molecule has 0 spiro atoms. The van der Waals surface area contributed by atoms with Crippen LogP contribution in [0.3, 0.4) is 0 Å². The normalized spacial score (nSPS) is 9.68. The number of ketones is 1. The summed E-state index contributed by atoms with van der Waals surface area (Å²) in [5.41, 5.74) is 0.393. The number of rotatable bonds is 5. The van der Waals surface area contributed by atoms with E-state index < -0.39 is 6.16 Å². The summed E-state index contributed by atoms with van der Waals surface area (Å²) in [5, 5.41) is 0. The van der Waals surface area contributed by atoms with Gasteiger partial charge in [-0.3, -0.25) is 4.79 Å². The van der Waals surface area contributed by atoms with Gasteiger partial charge in [0.2, 0.25) is 5.75 Å². The maximum absolute atomic E-state index is 11.4. The van der Waals surface area contributed by atoms with Gasteiger partial charge in [-0.2, -0.15) is 0 Å². The SMILES string of the molecule is CCOC(=O)Oc1c(OC)cc(C(C)=O)cc1OC. The van der Waals surface area contributed by atoms with Crippen molar-refractivity contribution in [3.05, 3.63) is 17.7 Å². The van der Waals surface area contributed by atoms with Crippen molar-refractivity contribution in [1.82, 2.24) is 0 Å². The van der Waals surface area contributed by atoms with Gasteiger partial charge in [0.05, 0.1) is 20.8 Å². The predicted octanol–water partition coefficient (Wildman–Crippen LogP) is 2.44. The molecule has 6 nitrogen and oxygen atoms in total. The molecule has 0 aliphatic heterocycles. The molecular formula is C13H16O6. The van der Waals surface area contributed by atoms with Crippen molar-refractivity contribution in [3.8, 4) is 17.2 Å². The molecular weight excluding hydrogens is 252 g/mol. The zero-order valence-corrected chi connectivity index (χ0v) is 11.3. The lowest BCUT2D eigenvalue weighted by Gasteiger charge is -2.13. The molecule has 0 fully saturated rings. The summed E-state index contributed by atoms with van der Waals surface area (Å²) in [6.45, 7) is 3.27. The summed E-state index contributed by atoms with van der Waals surface area (Å²) in [7, 11) is 2.80. The Morgan fingerprint density at radius 2 is 1.63 bits per heavy atom. The van der Waals surface area contributed by atoms with Crippen LogP contribution in [0.2, 0.25) is 0 Å². The Morgan fingerprint density at radius 3 is 2.00 bits per heavy atom. The number of Topliss-reactive ketones (excluding diaryl/α,β-unsaturated/α-hetero) is 1. The average Bonchev–Trinajstić information content (AvgIpc) is 2.38. The summed E-state index contributed by atoms with van der Waals surface area (Å²) >= 11 is 0. The van der Waals surface area contributed by atoms with E-state index in [1.54, 1.807) is 6.92 Å². The maximum atomic E-state index is 11.4. The zero-order chi connectivity index (χ0) is 14.4. The predicted molar refractivity (Wildman–Crippen MR) is 67.2 cm³/mol. The molecule has 1 rings (SSSR count). The highest BCUT2D eigenvalue weighted by molar-refractivity contribution is 5.95. The molecule has 0 saturated carbocycles. The van der Waals surface area contributed by atoms with E-state index in [9.17, 15) is 9.59 Å². The van der Waals surface area contributed by atoms with Crippen LogP contribution in [-0.2, 0) is 4.74 Å². The molecule has 104 valence electrons. The molecule has 0 bridgehead atoms. The van der Waals surface area contributed by atoms with Crippen molar-refractivity contribution in [2.75, 3.05) is 20.8 Å². The van der Waals surface area contributed by atoms with Gasteiger partial charge >= 0.3 is 6.16 Å². The third kappa shape index (κ3) is 3.61. The Balaban J connectivity index is 3.20. The Labute approximate surface area is 111 Å². The molecule has 1 aromatic rings. The summed E-state index contributed by atoms with van der Waals surface area (Å²) in [5.74, 6) is 0.364. The van der Waals surface area contributed by atoms with Crippen molar-refractivity contribution in [3.63, 3.8) is 0 Å². The molecule has 0 atom stereocenters. The molecule has 0 aliphatic carbocycles. The van der Waals surface area contributed by atoms with E-state index in [0.717, 1.165) is 0 Å². The molecule has 0 aliphatic rings. The minimum Gasteiger partial charge on any atom is -0.493 e. The monoisotopic (exact) mass is 268 g/mol. The van der Waals surface area contributed by atoms with Gasteiger partial charge in [-0.05, 0) is 26.0 Å². The highest BCUT2D eigenvalue weighted by Gasteiger charge is 2.19. The number of hydrogen-bond acceptors (Lipinski definition) is 6. The number of benzene rings is 1. The van der Waals surface area contributed by atoms with E-state index in [1.165, 1.54) is 33.3 Å². The van der Waals surface area contributed by atoms with Gasteiger partial charge in [0.1, 0.15) is 0 Å². The second-order valence-electron chi connectivity index (χ2n) is 3.55. The van der Waals surface area contributed by atoms with Crippen molar-refractivity contribution in [2.45, 2.75) is 13.8 Å². The van der Waals surface area contributed by atoms with Crippen LogP contribution in [0.4, 0.5) is 4.79 Å². The zero-order valence-electron chi connectivity index (χ0n) is 11.3. The van der Waals surface area contributed by atoms with Gasteiger partial charge in [0.15, 0.2) is 17.3 Å². The molecule has 0 aromatic heterocycles. The summed E-state index contributed by atoms with van der Waals surface area (Å²) in [6, 6.07) is 2.94. The molecule has 0 unspecified atom stereocenters. The van der Waals surface area contributed by atoms with Gasteiger partial charge in [-0.25, -0.2) is 4.79 Å². The van der Waals surface area contributed by atoms with Gasteiger partial charge in [0, 0.05) is 5.56 Å². The lowest BCUT2D eigenvalue weighted by molar-refractivity contribution is 0.101. The molecule has 1 aromatic carbocycles. The van der Waals surface area contributed by atoms with E-state index in [-0.39, 0.29) is 29.6 Å². The average molecular weight is 268 g/mol. The smallest absolute Gasteiger partial charge is 0.493 e. The fraction of sp³-hybridized carbons (Fsp3) is 0.385. The van der Waals surface area contributed by atoms with Crippen molar-refractivity contribution < 1.29 is 28.5 Å². The van der Waals surface area contributed by atoms with E-state index >= 15 is 0 Å². The van der Waals surface area contributed by atoms with E-state index in [2.05, 4.69) is 4.74 Å². The van der Waals surface area contributed by atoms with Crippen LogP contribution < -0.4 is 14.2 Å². The quantitative estimate of drug-likeness (QED) is 0.464. The van der Waals surface area contributed by atoms with E-state index in [1.807, 2.05) is 0 Å². The topological polar surface area (TPSA) is 71.1 Å². The standard InChI is InChI=1S/C13H16O6/c1-5-18-13(15)19-12-10(16-3)6-9(8(2)14)7-11(12)17-4/h6-7H,5H2,1-4H3. The highest BCUT2D eigenvalue weighted by Crippen LogP contribution is 2.38. The summed E-state index contributed by atoms with van der Waals surface area (Å²) in [4.78, 5) is 22.7. The van der Waals surface area contributed by atoms with Crippen LogP contribution >= 0.6 is 0 Å². The van der Waals surface area contributed by atoms with Crippen LogP contribution in [0, 0.1) is 0 Å². The van der Waals surface area contributed by atoms with Crippen molar-refractivity contribution in [1.29, 1.82) is 0 Å². The van der Waals surface area contributed by atoms with Crippen LogP contribution in [0.5, 0.6) is 17.2 Å².